The number of nitrogens with zero attached hydrogens (tertiary/aromatic N) is 2. The van der Waals surface area contributed by atoms with E-state index in [1.807, 2.05) is 19.1 Å². The Hall–Kier alpha value is -2.21. The molecule has 1 aliphatic carbocycles. The second-order valence-corrected chi connectivity index (χ2v) is 7.98. The number of rotatable bonds is 3. The van der Waals surface area contributed by atoms with Gasteiger partial charge in [0.2, 0.25) is 0 Å². The van der Waals surface area contributed by atoms with Crippen LogP contribution in [0.2, 0.25) is 0 Å². The maximum Gasteiger partial charge on any atom is 0.254 e. The predicted molar refractivity (Wildman–Crippen MR) is 106 cm³/mol. The van der Waals surface area contributed by atoms with Crippen molar-refractivity contribution < 1.29 is 4.74 Å². The lowest BCUT2D eigenvalue weighted by molar-refractivity contribution is -0.103. The average molecular weight is 368 g/mol. The van der Waals surface area contributed by atoms with Crippen LogP contribution in [0.5, 0.6) is 0 Å². The molecule has 1 aliphatic heterocycles. The zero-order valence-corrected chi connectivity index (χ0v) is 16.2. The summed E-state index contributed by atoms with van der Waals surface area (Å²) in [5.41, 5.74) is 2.20. The molecule has 6 nitrogen and oxygen atoms in total. The van der Waals surface area contributed by atoms with E-state index in [9.17, 15) is 4.79 Å². The van der Waals surface area contributed by atoms with Crippen molar-refractivity contribution in [2.24, 2.45) is 0 Å². The van der Waals surface area contributed by atoms with Crippen molar-refractivity contribution in [3.05, 3.63) is 39.9 Å². The number of aryl methyl sites for hydroxylation is 1. The number of aromatic amines is 1. The average Bonchev–Trinajstić information content (AvgIpc) is 2.67. The quantitative estimate of drug-likeness (QED) is 0.863. The van der Waals surface area contributed by atoms with Crippen LogP contribution in [0.4, 0.5) is 5.82 Å². The number of nitrogens with one attached hydrogen (secondary N) is 2. The largest absolute Gasteiger partial charge is 0.375 e. The van der Waals surface area contributed by atoms with Crippen molar-refractivity contribution >= 4 is 5.82 Å². The molecule has 2 aliphatic rings. The standard InChI is InChI=1S/C21H28N4O2/c1-14-15(2)23-19(25-20(14)26)16-6-7-18(22-13-16)24-17-8-11-27-21(12-17)9-4-3-5-10-21/h6-7,13,17H,3-5,8-12H2,1-2H3,(H,22,24)(H,23,25,26). The van der Waals surface area contributed by atoms with Crippen molar-refractivity contribution in [2.45, 2.75) is 70.4 Å². The van der Waals surface area contributed by atoms with E-state index in [2.05, 4.69) is 20.3 Å². The Kier molecular flexibility index (Phi) is 5.00. The number of hydrogen-bond acceptors (Lipinski definition) is 5. The molecule has 2 aromatic rings. The fraction of sp³-hybridized carbons (Fsp3) is 0.571. The van der Waals surface area contributed by atoms with Gasteiger partial charge in [-0.25, -0.2) is 9.97 Å². The zero-order chi connectivity index (χ0) is 18.9. The molecule has 0 bridgehead atoms. The van der Waals surface area contributed by atoms with Gasteiger partial charge in [-0.3, -0.25) is 4.79 Å². The van der Waals surface area contributed by atoms with Gasteiger partial charge < -0.3 is 15.0 Å². The maximum atomic E-state index is 12.0. The minimum Gasteiger partial charge on any atom is -0.375 e. The second-order valence-electron chi connectivity index (χ2n) is 7.98. The first-order chi connectivity index (χ1) is 13.0. The number of aromatic nitrogens is 3. The molecule has 27 heavy (non-hydrogen) atoms. The van der Waals surface area contributed by atoms with Crippen molar-refractivity contribution in [2.75, 3.05) is 11.9 Å². The SMILES string of the molecule is Cc1nc(-c2ccc(NC3CCOC4(CCCCC4)C3)nc2)[nH]c(=O)c1C. The fourth-order valence-corrected chi connectivity index (χ4v) is 4.31. The Bertz CT molecular complexity index is 848. The van der Waals surface area contributed by atoms with Crippen LogP contribution in [0.1, 0.15) is 56.2 Å². The van der Waals surface area contributed by atoms with E-state index in [1.165, 1.54) is 32.1 Å². The van der Waals surface area contributed by atoms with Crippen LogP contribution in [0.25, 0.3) is 11.4 Å². The van der Waals surface area contributed by atoms with Gasteiger partial charge in [0.15, 0.2) is 0 Å². The highest BCUT2D eigenvalue weighted by Crippen LogP contribution is 2.39. The Labute approximate surface area is 159 Å². The molecule has 2 aromatic heterocycles. The molecule has 144 valence electrons. The van der Waals surface area contributed by atoms with Gasteiger partial charge >= 0.3 is 0 Å². The minimum absolute atomic E-state index is 0.0803. The number of H-pyrrole nitrogens is 1. The van der Waals surface area contributed by atoms with Gasteiger partial charge in [0.05, 0.1) is 5.60 Å². The number of hydrogen-bond donors (Lipinski definition) is 2. The monoisotopic (exact) mass is 368 g/mol. The molecule has 1 spiro atoms. The van der Waals surface area contributed by atoms with Gasteiger partial charge in [-0.05, 0) is 51.7 Å². The van der Waals surface area contributed by atoms with E-state index in [-0.39, 0.29) is 11.2 Å². The minimum atomic E-state index is -0.0975. The van der Waals surface area contributed by atoms with Crippen LogP contribution in [0.15, 0.2) is 23.1 Å². The number of pyridine rings is 1. The Morgan fingerprint density at radius 1 is 1.22 bits per heavy atom. The fourth-order valence-electron chi connectivity index (χ4n) is 4.31. The number of anilines is 1. The smallest absolute Gasteiger partial charge is 0.254 e. The highest BCUT2D eigenvalue weighted by atomic mass is 16.5. The highest BCUT2D eigenvalue weighted by molar-refractivity contribution is 5.56. The summed E-state index contributed by atoms with van der Waals surface area (Å²) >= 11 is 0. The van der Waals surface area contributed by atoms with Crippen LogP contribution in [0, 0.1) is 13.8 Å². The van der Waals surface area contributed by atoms with Crippen LogP contribution in [0.3, 0.4) is 0 Å². The summed E-state index contributed by atoms with van der Waals surface area (Å²) in [5.74, 6) is 1.43. The van der Waals surface area contributed by atoms with Crippen molar-refractivity contribution in [1.82, 2.24) is 15.0 Å². The molecule has 1 unspecified atom stereocenters. The van der Waals surface area contributed by atoms with Crippen molar-refractivity contribution in [3.8, 4) is 11.4 Å². The topological polar surface area (TPSA) is 79.9 Å². The molecule has 0 radical (unpaired) electrons. The molecule has 4 rings (SSSR count). The van der Waals surface area contributed by atoms with E-state index in [4.69, 9.17) is 4.74 Å². The summed E-state index contributed by atoms with van der Waals surface area (Å²) in [6, 6.07) is 4.32. The third-order valence-corrected chi connectivity index (χ3v) is 6.04. The van der Waals surface area contributed by atoms with Crippen molar-refractivity contribution in [1.29, 1.82) is 0 Å². The second kappa shape index (κ2) is 7.43. The third kappa shape index (κ3) is 3.90. The Morgan fingerprint density at radius 2 is 2.04 bits per heavy atom. The van der Waals surface area contributed by atoms with Gasteiger partial charge in [-0.15, -0.1) is 0 Å². The molecular weight excluding hydrogens is 340 g/mol. The molecule has 3 heterocycles. The lowest BCUT2D eigenvalue weighted by Gasteiger charge is -2.43. The van der Waals surface area contributed by atoms with E-state index < -0.39 is 0 Å². The Morgan fingerprint density at radius 3 is 2.74 bits per heavy atom. The van der Waals surface area contributed by atoms with E-state index >= 15 is 0 Å². The normalized spacial score (nSPS) is 21.9. The van der Waals surface area contributed by atoms with Crippen LogP contribution >= 0.6 is 0 Å². The first-order valence-electron chi connectivity index (χ1n) is 9.99. The summed E-state index contributed by atoms with van der Waals surface area (Å²) < 4.78 is 6.18. The van der Waals surface area contributed by atoms with Gasteiger partial charge in [-0.2, -0.15) is 0 Å². The lowest BCUT2D eigenvalue weighted by atomic mass is 9.78. The van der Waals surface area contributed by atoms with Crippen LogP contribution in [-0.2, 0) is 4.74 Å². The predicted octanol–water partition coefficient (Wildman–Crippen LogP) is 3.74. The van der Waals surface area contributed by atoms with Crippen LogP contribution in [-0.4, -0.2) is 33.2 Å². The van der Waals surface area contributed by atoms with E-state index in [0.717, 1.165) is 36.5 Å². The molecule has 1 saturated carbocycles. The summed E-state index contributed by atoms with van der Waals surface area (Å²) in [4.78, 5) is 23.8. The van der Waals surface area contributed by atoms with Crippen molar-refractivity contribution in [3.63, 3.8) is 0 Å². The van der Waals surface area contributed by atoms with E-state index in [1.54, 1.807) is 13.1 Å². The molecule has 6 heteroatoms. The lowest BCUT2D eigenvalue weighted by Crippen LogP contribution is -2.45. The summed E-state index contributed by atoms with van der Waals surface area (Å²) in [6.45, 7) is 4.45. The molecule has 2 fully saturated rings. The van der Waals surface area contributed by atoms with E-state index in [0.29, 0.717) is 17.4 Å². The molecule has 1 saturated heterocycles. The summed E-state index contributed by atoms with van der Waals surface area (Å²) in [5, 5.41) is 3.58. The first kappa shape index (κ1) is 18.2. The van der Waals surface area contributed by atoms with Gasteiger partial charge in [0.1, 0.15) is 11.6 Å². The molecule has 0 aromatic carbocycles. The van der Waals surface area contributed by atoms with Gasteiger partial charge in [0.25, 0.3) is 5.56 Å². The third-order valence-electron chi connectivity index (χ3n) is 6.04. The molecule has 2 N–H and O–H groups in total. The first-order valence-corrected chi connectivity index (χ1v) is 9.99. The maximum absolute atomic E-state index is 12.0. The Balaban J connectivity index is 1.46. The summed E-state index contributed by atoms with van der Waals surface area (Å²) in [6.07, 6.45) is 10.1. The highest BCUT2D eigenvalue weighted by Gasteiger charge is 2.38. The molecule has 0 amide bonds. The summed E-state index contributed by atoms with van der Waals surface area (Å²) in [7, 11) is 0. The molecule has 1 atom stereocenters. The van der Waals surface area contributed by atoms with Crippen LogP contribution < -0.4 is 10.9 Å². The number of ether oxygens (including phenoxy) is 1. The molecular formula is C21H28N4O2. The van der Waals surface area contributed by atoms with Gasteiger partial charge in [0, 0.05) is 35.7 Å². The zero-order valence-electron chi connectivity index (χ0n) is 16.2. The van der Waals surface area contributed by atoms with Gasteiger partial charge in [-0.1, -0.05) is 19.3 Å².